The quantitative estimate of drug-likeness (QED) is 0.404. The van der Waals surface area contributed by atoms with Crippen LogP contribution in [0, 0.1) is 11.6 Å². The number of aromatic amines is 2. The van der Waals surface area contributed by atoms with Gasteiger partial charge in [0.25, 0.3) is 5.56 Å². The van der Waals surface area contributed by atoms with Gasteiger partial charge in [-0.2, -0.15) is 4.68 Å². The average molecular weight is 510 g/mol. The number of amides is 1. The summed E-state index contributed by atoms with van der Waals surface area (Å²) in [5.74, 6) is -1.60. The van der Waals surface area contributed by atoms with Crippen molar-refractivity contribution in [2.24, 2.45) is 0 Å². The van der Waals surface area contributed by atoms with Gasteiger partial charge in [-0.1, -0.05) is 18.2 Å². The summed E-state index contributed by atoms with van der Waals surface area (Å²) in [4.78, 5) is 35.5. The zero-order valence-corrected chi connectivity index (χ0v) is 21.0. The number of halogens is 2. The second-order valence-corrected chi connectivity index (χ2v) is 10.4. The normalized spacial score (nSPS) is 14.9. The number of carbonyl (C=O) groups is 1. The number of hydrogen-bond donors (Lipinski definition) is 2. The Hall–Kier alpha value is -3.95. The Bertz CT molecular complexity index is 1470. The molecule has 194 valence electrons. The summed E-state index contributed by atoms with van der Waals surface area (Å²) in [5.41, 5.74) is 2.26. The van der Waals surface area contributed by atoms with Crippen LogP contribution >= 0.6 is 0 Å². The predicted molar refractivity (Wildman–Crippen MR) is 135 cm³/mol. The molecular weight excluding hydrogens is 480 g/mol. The van der Waals surface area contributed by atoms with E-state index in [4.69, 9.17) is 4.74 Å². The van der Waals surface area contributed by atoms with E-state index in [0.717, 1.165) is 17.6 Å². The predicted octanol–water partition coefficient (Wildman–Crippen LogP) is 5.03. The Morgan fingerprint density at radius 3 is 2.51 bits per heavy atom. The number of imidazole rings is 1. The number of H-pyrrole nitrogens is 2. The molecule has 2 aromatic heterocycles. The molecule has 1 aliphatic rings. The van der Waals surface area contributed by atoms with Gasteiger partial charge in [0.05, 0.1) is 11.0 Å². The molecule has 0 aliphatic carbocycles. The molecule has 0 bridgehead atoms. The number of likely N-dealkylation sites (tertiary alicyclic amines) is 1. The van der Waals surface area contributed by atoms with Crippen molar-refractivity contribution in [2.75, 3.05) is 13.1 Å². The van der Waals surface area contributed by atoms with Crippen molar-refractivity contribution in [3.63, 3.8) is 0 Å². The third-order valence-corrected chi connectivity index (χ3v) is 6.53. The van der Waals surface area contributed by atoms with Crippen LogP contribution in [0.3, 0.4) is 0 Å². The number of benzene rings is 2. The first kappa shape index (κ1) is 24.7. The molecule has 0 saturated carbocycles. The highest BCUT2D eigenvalue weighted by Gasteiger charge is 2.31. The van der Waals surface area contributed by atoms with Gasteiger partial charge < -0.3 is 14.6 Å². The summed E-state index contributed by atoms with van der Waals surface area (Å²) in [6.45, 7) is 6.43. The maximum atomic E-state index is 13.9. The molecule has 1 saturated heterocycles. The zero-order valence-electron chi connectivity index (χ0n) is 21.0. The number of hydrogen-bond acceptors (Lipinski definition) is 4. The molecule has 3 heterocycles. The van der Waals surface area contributed by atoms with Gasteiger partial charge in [0.15, 0.2) is 11.6 Å². The molecule has 0 atom stereocenters. The van der Waals surface area contributed by atoms with E-state index in [2.05, 4.69) is 15.1 Å². The fourth-order valence-corrected chi connectivity index (χ4v) is 4.72. The van der Waals surface area contributed by atoms with E-state index in [-0.39, 0.29) is 24.0 Å². The second kappa shape index (κ2) is 9.49. The Morgan fingerprint density at radius 1 is 1.11 bits per heavy atom. The highest BCUT2D eigenvalue weighted by Crippen LogP contribution is 2.30. The maximum Gasteiger partial charge on any atom is 0.410 e. The third kappa shape index (κ3) is 5.14. The van der Waals surface area contributed by atoms with Crippen molar-refractivity contribution < 1.29 is 18.3 Å². The highest BCUT2D eigenvalue weighted by molar-refractivity contribution is 5.75. The van der Waals surface area contributed by atoms with Crippen LogP contribution in [0.4, 0.5) is 13.6 Å². The Labute approximate surface area is 212 Å². The molecule has 8 nitrogen and oxygen atoms in total. The lowest BCUT2D eigenvalue weighted by atomic mass is 9.90. The van der Waals surface area contributed by atoms with Gasteiger partial charge >= 0.3 is 6.09 Å². The largest absolute Gasteiger partial charge is 0.444 e. The molecule has 0 spiro atoms. The van der Waals surface area contributed by atoms with Crippen molar-refractivity contribution in [3.8, 4) is 5.95 Å². The van der Waals surface area contributed by atoms with E-state index in [1.807, 2.05) is 45.0 Å². The molecule has 0 radical (unpaired) electrons. The molecular formula is C27H29F2N5O3. The molecule has 2 N–H and O–H groups in total. The summed E-state index contributed by atoms with van der Waals surface area (Å²) >= 11 is 0. The summed E-state index contributed by atoms with van der Waals surface area (Å²) in [6, 6.07) is 11.1. The first-order chi connectivity index (χ1) is 17.6. The monoisotopic (exact) mass is 509 g/mol. The number of para-hydroxylation sites is 2. The van der Waals surface area contributed by atoms with E-state index in [0.29, 0.717) is 54.2 Å². The second-order valence-electron chi connectivity index (χ2n) is 10.4. The SMILES string of the molecule is CC(C)(C)OC(=O)N1CCC(c2[nH]n(-c3nc4ccccc4[nH]3)c(=O)c2Cc2ccc(F)c(F)c2)CC1. The summed E-state index contributed by atoms with van der Waals surface area (Å²) in [7, 11) is 0. The molecule has 2 aromatic carbocycles. The van der Waals surface area contributed by atoms with Gasteiger partial charge in [-0.15, -0.1) is 0 Å². The topological polar surface area (TPSA) is 96.0 Å². The number of fused-ring (bicyclic) bond motifs is 1. The highest BCUT2D eigenvalue weighted by atomic mass is 19.2. The van der Waals surface area contributed by atoms with Crippen LogP contribution in [0.5, 0.6) is 0 Å². The standard InChI is InChI=1S/C27H29F2N5O3/c1-27(2,3)37-26(36)33-12-10-17(11-13-33)23-18(14-16-8-9-19(28)20(29)15-16)24(35)34(32-23)25-30-21-6-4-5-7-22(21)31-25/h4-9,15,17,32H,10-14H2,1-3H3,(H,30,31). The first-order valence-electron chi connectivity index (χ1n) is 12.3. The van der Waals surface area contributed by atoms with E-state index >= 15 is 0 Å². The maximum absolute atomic E-state index is 13.9. The molecule has 5 rings (SSSR count). The number of carbonyl (C=O) groups excluding carboxylic acids is 1. The van der Waals surface area contributed by atoms with Gasteiger partial charge in [-0.3, -0.25) is 9.89 Å². The van der Waals surface area contributed by atoms with Crippen LogP contribution in [-0.2, 0) is 11.2 Å². The summed E-state index contributed by atoms with van der Waals surface area (Å²) in [6.07, 6.45) is 0.997. The van der Waals surface area contributed by atoms with E-state index < -0.39 is 17.2 Å². The Kier molecular flexibility index (Phi) is 6.35. The minimum atomic E-state index is -0.960. The number of ether oxygens (including phenoxy) is 1. The molecule has 1 fully saturated rings. The minimum absolute atomic E-state index is 0.0442. The van der Waals surface area contributed by atoms with Crippen molar-refractivity contribution in [1.29, 1.82) is 0 Å². The first-order valence-corrected chi connectivity index (χ1v) is 12.3. The molecule has 4 aromatic rings. The van der Waals surface area contributed by atoms with Crippen LogP contribution in [0.15, 0.2) is 47.3 Å². The van der Waals surface area contributed by atoms with Gasteiger partial charge in [0.2, 0.25) is 5.95 Å². The molecule has 1 aliphatic heterocycles. The van der Waals surface area contributed by atoms with Crippen LogP contribution < -0.4 is 5.56 Å². The number of piperidine rings is 1. The lowest BCUT2D eigenvalue weighted by Gasteiger charge is -2.33. The van der Waals surface area contributed by atoms with Gasteiger partial charge in [-0.25, -0.2) is 18.6 Å². The van der Waals surface area contributed by atoms with Crippen molar-refractivity contribution >= 4 is 17.1 Å². The minimum Gasteiger partial charge on any atom is -0.444 e. The Morgan fingerprint density at radius 2 is 1.84 bits per heavy atom. The summed E-state index contributed by atoms with van der Waals surface area (Å²) in [5, 5.41) is 3.23. The van der Waals surface area contributed by atoms with Gasteiger partial charge in [-0.05, 0) is 63.4 Å². The number of aromatic nitrogens is 4. The van der Waals surface area contributed by atoms with Crippen molar-refractivity contribution in [2.45, 2.75) is 51.6 Å². The fraction of sp³-hybridized carbons (Fsp3) is 0.370. The number of rotatable bonds is 4. The number of nitrogens with one attached hydrogen (secondary N) is 2. The lowest BCUT2D eigenvalue weighted by molar-refractivity contribution is 0.0204. The Balaban J connectivity index is 1.48. The molecule has 0 unspecified atom stereocenters. The molecule has 37 heavy (non-hydrogen) atoms. The van der Waals surface area contributed by atoms with Crippen molar-refractivity contribution in [3.05, 3.63) is 81.3 Å². The van der Waals surface area contributed by atoms with Crippen LogP contribution in [0.25, 0.3) is 17.0 Å². The van der Waals surface area contributed by atoms with E-state index in [9.17, 15) is 18.4 Å². The third-order valence-electron chi connectivity index (χ3n) is 6.53. The molecule has 10 heteroatoms. The van der Waals surface area contributed by atoms with Gasteiger partial charge in [0, 0.05) is 36.7 Å². The van der Waals surface area contributed by atoms with Crippen LogP contribution in [0.1, 0.15) is 56.4 Å². The van der Waals surface area contributed by atoms with Crippen LogP contribution in [-0.4, -0.2) is 49.4 Å². The average Bonchev–Trinajstić information content (AvgIpc) is 3.42. The van der Waals surface area contributed by atoms with Crippen molar-refractivity contribution in [1.82, 2.24) is 24.6 Å². The summed E-state index contributed by atoms with van der Waals surface area (Å²) < 4.78 is 34.3. The fourth-order valence-electron chi connectivity index (χ4n) is 4.72. The van der Waals surface area contributed by atoms with Crippen LogP contribution in [0.2, 0.25) is 0 Å². The van der Waals surface area contributed by atoms with Gasteiger partial charge in [0.1, 0.15) is 5.60 Å². The molecule has 1 amide bonds. The smallest absolute Gasteiger partial charge is 0.410 e. The zero-order chi connectivity index (χ0) is 26.3. The van der Waals surface area contributed by atoms with E-state index in [1.54, 1.807) is 4.90 Å². The van der Waals surface area contributed by atoms with E-state index in [1.165, 1.54) is 10.7 Å². The lowest BCUT2D eigenvalue weighted by Crippen LogP contribution is -2.41. The number of nitrogens with zero attached hydrogens (tertiary/aromatic N) is 3.